The van der Waals surface area contributed by atoms with Gasteiger partial charge in [-0.2, -0.15) is 13.2 Å². The number of nitrogens with one attached hydrogen (secondary N) is 1. The highest BCUT2D eigenvalue weighted by molar-refractivity contribution is 7.97. The number of anilines is 3. The lowest BCUT2D eigenvalue weighted by atomic mass is 10.0. The van der Waals surface area contributed by atoms with E-state index >= 15 is 0 Å². The Bertz CT molecular complexity index is 1040. The Morgan fingerprint density at radius 3 is 2.27 bits per heavy atom. The van der Waals surface area contributed by atoms with Gasteiger partial charge in [-0.15, -0.1) is 0 Å². The van der Waals surface area contributed by atoms with Crippen LogP contribution in [0.2, 0.25) is 0 Å². The summed E-state index contributed by atoms with van der Waals surface area (Å²) in [6, 6.07) is 19.8. The van der Waals surface area contributed by atoms with Crippen LogP contribution in [0.3, 0.4) is 0 Å². The third-order valence-corrected chi connectivity index (χ3v) is 6.23. The first kappa shape index (κ1) is 25.0. The molecule has 0 fully saturated rings. The average molecular weight is 474 g/mol. The fourth-order valence-electron chi connectivity index (χ4n) is 3.82. The number of benzene rings is 3. The lowest BCUT2D eigenvalue weighted by Gasteiger charge is -2.27. The summed E-state index contributed by atoms with van der Waals surface area (Å²) in [5.74, 6) is 0. The lowest BCUT2D eigenvalue weighted by molar-refractivity contribution is -0.137. The van der Waals surface area contributed by atoms with Crippen molar-refractivity contribution in [3.8, 4) is 0 Å². The molecule has 0 radical (unpaired) electrons. The normalized spacial score (nSPS) is 12.8. The molecule has 0 bridgehead atoms. The van der Waals surface area contributed by atoms with Crippen LogP contribution in [0.5, 0.6) is 0 Å². The van der Waals surface area contributed by atoms with Gasteiger partial charge in [-0.05, 0) is 84.8 Å². The molecule has 3 aromatic carbocycles. The number of halogens is 3. The number of fused-ring (bicyclic) bond motifs is 2. The molecule has 0 saturated heterocycles. The number of para-hydroxylation sites is 1. The number of nitrogens with zero attached hydrogens (tertiary/aromatic N) is 1. The minimum atomic E-state index is -4.31. The summed E-state index contributed by atoms with van der Waals surface area (Å²) in [5, 5.41) is 0. The van der Waals surface area contributed by atoms with Crippen LogP contribution in [0.25, 0.3) is 0 Å². The van der Waals surface area contributed by atoms with Crippen molar-refractivity contribution in [1.29, 1.82) is 0 Å². The summed E-state index contributed by atoms with van der Waals surface area (Å²) in [7, 11) is 0. The van der Waals surface area contributed by atoms with Crippen molar-refractivity contribution in [1.82, 2.24) is 4.72 Å². The average Bonchev–Trinajstić information content (AvgIpc) is 2.97. The van der Waals surface area contributed by atoms with Crippen LogP contribution in [0, 0.1) is 0 Å². The SMILES string of the molecule is CC.Nc1ccc2c(c1)N(CCCNSc1ccc(C(F)(F)F)cc1)c1ccccc1CC2. The molecule has 0 unspecified atom stereocenters. The van der Waals surface area contributed by atoms with E-state index in [-0.39, 0.29) is 0 Å². The van der Waals surface area contributed by atoms with Gasteiger partial charge in [0.2, 0.25) is 0 Å². The van der Waals surface area contributed by atoms with Crippen LogP contribution in [0.1, 0.15) is 37.0 Å². The summed E-state index contributed by atoms with van der Waals surface area (Å²) in [5.41, 5.74) is 11.2. The zero-order chi connectivity index (χ0) is 23.8. The van der Waals surface area contributed by atoms with E-state index in [1.54, 1.807) is 0 Å². The van der Waals surface area contributed by atoms with Gasteiger partial charge < -0.3 is 10.6 Å². The lowest BCUT2D eigenvalue weighted by Crippen LogP contribution is -2.22. The molecule has 1 aliphatic rings. The van der Waals surface area contributed by atoms with Crippen molar-refractivity contribution < 1.29 is 13.2 Å². The highest BCUT2D eigenvalue weighted by atomic mass is 32.2. The second-order valence-corrected chi connectivity index (χ2v) is 8.50. The van der Waals surface area contributed by atoms with Crippen LogP contribution in [0.4, 0.5) is 30.2 Å². The third kappa shape index (κ3) is 6.45. The molecule has 0 aromatic heterocycles. The van der Waals surface area contributed by atoms with Crippen molar-refractivity contribution in [3.05, 3.63) is 83.4 Å². The molecular weight excluding hydrogens is 443 g/mol. The van der Waals surface area contributed by atoms with Gasteiger partial charge in [0.15, 0.2) is 0 Å². The first-order valence-electron chi connectivity index (χ1n) is 11.2. The van der Waals surface area contributed by atoms with E-state index in [9.17, 15) is 13.2 Å². The van der Waals surface area contributed by atoms with Crippen molar-refractivity contribution in [2.24, 2.45) is 0 Å². The third-order valence-electron chi connectivity index (χ3n) is 5.38. The Balaban J connectivity index is 0.00000149. The molecule has 0 spiro atoms. The number of aryl methyl sites for hydroxylation is 2. The van der Waals surface area contributed by atoms with Crippen LogP contribution in [0.15, 0.2) is 71.6 Å². The highest BCUT2D eigenvalue weighted by Crippen LogP contribution is 2.37. The molecule has 4 rings (SSSR count). The molecule has 3 aromatic rings. The summed E-state index contributed by atoms with van der Waals surface area (Å²) >= 11 is 1.35. The molecule has 7 heteroatoms. The standard InChI is InChI=1S/C24H24F3N3S.C2H6/c25-24(26,27)19-9-12-21(13-10-19)31-29-14-3-15-30-22-5-2-1-4-17(22)6-7-18-8-11-20(28)16-23(18)30;1-2/h1-2,4-5,8-13,16,29H,3,6-7,14-15,28H2;1-2H3. The summed E-state index contributed by atoms with van der Waals surface area (Å²) in [6.07, 6.45) is -1.47. The van der Waals surface area contributed by atoms with Gasteiger partial charge in [-0.25, -0.2) is 0 Å². The number of rotatable bonds is 6. The van der Waals surface area contributed by atoms with Crippen LogP contribution < -0.4 is 15.4 Å². The molecule has 3 nitrogen and oxygen atoms in total. The smallest absolute Gasteiger partial charge is 0.399 e. The predicted molar refractivity (Wildman–Crippen MR) is 133 cm³/mol. The molecular formula is C26H30F3N3S. The minimum Gasteiger partial charge on any atom is -0.399 e. The van der Waals surface area contributed by atoms with Crippen molar-refractivity contribution >= 4 is 29.0 Å². The second kappa shape index (κ2) is 11.5. The first-order chi connectivity index (χ1) is 15.9. The van der Waals surface area contributed by atoms with E-state index < -0.39 is 11.7 Å². The Kier molecular flexibility index (Phi) is 8.69. The maximum Gasteiger partial charge on any atom is 0.416 e. The molecule has 0 atom stereocenters. The van der Waals surface area contributed by atoms with Gasteiger partial charge in [0.05, 0.1) is 5.56 Å². The fraction of sp³-hybridized carbons (Fsp3) is 0.308. The number of alkyl halides is 3. The molecule has 1 aliphatic heterocycles. The van der Waals surface area contributed by atoms with E-state index in [0.717, 1.165) is 60.8 Å². The van der Waals surface area contributed by atoms with E-state index in [0.29, 0.717) is 0 Å². The largest absolute Gasteiger partial charge is 0.416 e. The number of hydrogen-bond acceptors (Lipinski definition) is 4. The van der Waals surface area contributed by atoms with Crippen LogP contribution in [-0.4, -0.2) is 13.1 Å². The molecule has 176 valence electrons. The summed E-state index contributed by atoms with van der Waals surface area (Å²) in [6.45, 7) is 5.54. The number of hydrogen-bond donors (Lipinski definition) is 2. The molecule has 0 amide bonds. The van der Waals surface area contributed by atoms with E-state index in [4.69, 9.17) is 5.73 Å². The predicted octanol–water partition coefficient (Wildman–Crippen LogP) is 7.24. The maximum atomic E-state index is 12.7. The van der Waals surface area contributed by atoms with Gasteiger partial charge in [0.1, 0.15) is 0 Å². The quantitative estimate of drug-likeness (QED) is 0.225. The second-order valence-electron chi connectivity index (χ2n) is 7.54. The Labute approximate surface area is 198 Å². The van der Waals surface area contributed by atoms with Gasteiger partial charge in [-0.1, -0.05) is 38.1 Å². The Hall–Kier alpha value is -2.64. The van der Waals surface area contributed by atoms with E-state index in [1.807, 2.05) is 26.0 Å². The fourth-order valence-corrected chi connectivity index (χ4v) is 4.51. The van der Waals surface area contributed by atoms with Gasteiger partial charge in [0, 0.05) is 35.0 Å². The van der Waals surface area contributed by atoms with Gasteiger partial charge in [-0.3, -0.25) is 4.72 Å². The molecule has 1 heterocycles. The van der Waals surface area contributed by atoms with Gasteiger partial charge in [0.25, 0.3) is 0 Å². The van der Waals surface area contributed by atoms with E-state index in [1.165, 1.54) is 40.9 Å². The zero-order valence-electron chi connectivity index (χ0n) is 19.0. The molecule has 0 aliphatic carbocycles. The van der Waals surface area contributed by atoms with Crippen LogP contribution in [-0.2, 0) is 19.0 Å². The van der Waals surface area contributed by atoms with Crippen LogP contribution >= 0.6 is 11.9 Å². The van der Waals surface area contributed by atoms with Crippen molar-refractivity contribution in [3.63, 3.8) is 0 Å². The number of nitrogens with two attached hydrogens (primary N) is 1. The first-order valence-corrected chi connectivity index (χ1v) is 12.0. The molecule has 33 heavy (non-hydrogen) atoms. The van der Waals surface area contributed by atoms with E-state index in [2.05, 4.69) is 40.0 Å². The summed E-state index contributed by atoms with van der Waals surface area (Å²) < 4.78 is 41.3. The molecule has 3 N–H and O–H groups in total. The van der Waals surface area contributed by atoms with Gasteiger partial charge >= 0.3 is 6.18 Å². The Morgan fingerprint density at radius 2 is 1.58 bits per heavy atom. The Morgan fingerprint density at radius 1 is 0.909 bits per heavy atom. The summed E-state index contributed by atoms with van der Waals surface area (Å²) in [4.78, 5) is 3.09. The van der Waals surface area contributed by atoms with Crippen molar-refractivity contribution in [2.75, 3.05) is 23.7 Å². The monoisotopic (exact) mass is 473 g/mol. The highest BCUT2D eigenvalue weighted by Gasteiger charge is 2.29. The van der Waals surface area contributed by atoms with Crippen molar-refractivity contribution in [2.45, 2.75) is 44.2 Å². The zero-order valence-corrected chi connectivity index (χ0v) is 19.8. The maximum absolute atomic E-state index is 12.7. The minimum absolute atomic E-state index is 0.630. The number of nitrogen functional groups attached to an aromatic ring is 1. The topological polar surface area (TPSA) is 41.3 Å². The molecule has 0 saturated carbocycles.